The standard InChI is InChI=1S/C17H19BrFNO/c1-12(2)20-10-14-9-15(18)7-8-17(14)21-11-13-5-3-4-6-16(13)19/h3-9,12,20H,10-11H2,1-2H3. The second kappa shape index (κ2) is 7.57. The summed E-state index contributed by atoms with van der Waals surface area (Å²) in [5.74, 6) is 0.533. The molecule has 21 heavy (non-hydrogen) atoms. The zero-order valence-corrected chi connectivity index (χ0v) is 13.8. The van der Waals surface area contributed by atoms with Crippen LogP contribution in [0.4, 0.5) is 4.39 Å². The molecule has 0 unspecified atom stereocenters. The van der Waals surface area contributed by atoms with Gasteiger partial charge in [-0.25, -0.2) is 4.39 Å². The molecule has 0 aromatic heterocycles. The Morgan fingerprint density at radius 3 is 2.62 bits per heavy atom. The van der Waals surface area contributed by atoms with Crippen molar-refractivity contribution in [3.05, 3.63) is 63.9 Å². The minimum atomic E-state index is -0.239. The quantitative estimate of drug-likeness (QED) is 0.816. The van der Waals surface area contributed by atoms with Crippen LogP contribution in [0.1, 0.15) is 25.0 Å². The van der Waals surface area contributed by atoms with Gasteiger partial charge in [0.2, 0.25) is 0 Å². The Hall–Kier alpha value is -1.39. The van der Waals surface area contributed by atoms with Crippen molar-refractivity contribution in [2.24, 2.45) is 0 Å². The third-order valence-electron chi connectivity index (χ3n) is 3.06. The number of nitrogens with one attached hydrogen (secondary N) is 1. The minimum absolute atomic E-state index is 0.225. The molecule has 0 aliphatic carbocycles. The summed E-state index contributed by atoms with van der Waals surface area (Å²) in [6.07, 6.45) is 0. The number of benzene rings is 2. The maximum absolute atomic E-state index is 13.6. The molecule has 2 aromatic rings. The van der Waals surface area contributed by atoms with Gasteiger partial charge in [0, 0.05) is 28.2 Å². The van der Waals surface area contributed by atoms with Gasteiger partial charge in [-0.3, -0.25) is 0 Å². The average Bonchev–Trinajstić information content (AvgIpc) is 2.45. The van der Waals surface area contributed by atoms with E-state index in [4.69, 9.17) is 4.74 Å². The fourth-order valence-electron chi connectivity index (χ4n) is 1.91. The first kappa shape index (κ1) is 16.0. The molecule has 0 atom stereocenters. The van der Waals surface area contributed by atoms with Crippen molar-refractivity contribution in [3.8, 4) is 5.75 Å². The summed E-state index contributed by atoms with van der Waals surface area (Å²) in [5, 5.41) is 3.36. The van der Waals surface area contributed by atoms with E-state index in [2.05, 4.69) is 35.1 Å². The number of ether oxygens (including phenoxy) is 1. The molecule has 0 fully saturated rings. The van der Waals surface area contributed by atoms with E-state index in [0.717, 1.165) is 15.8 Å². The fourth-order valence-corrected chi connectivity index (χ4v) is 2.32. The summed E-state index contributed by atoms with van der Waals surface area (Å²) in [6, 6.07) is 12.9. The Kier molecular flexibility index (Phi) is 5.76. The smallest absolute Gasteiger partial charge is 0.129 e. The largest absolute Gasteiger partial charge is 0.488 e. The average molecular weight is 352 g/mol. The summed E-state index contributed by atoms with van der Waals surface area (Å²) < 4.78 is 20.4. The molecule has 0 heterocycles. The first-order chi connectivity index (χ1) is 10.1. The van der Waals surface area contributed by atoms with Gasteiger partial charge in [-0.1, -0.05) is 48.0 Å². The Bertz CT molecular complexity index is 601. The van der Waals surface area contributed by atoms with E-state index in [1.165, 1.54) is 6.07 Å². The highest BCUT2D eigenvalue weighted by Crippen LogP contribution is 2.24. The van der Waals surface area contributed by atoms with E-state index in [9.17, 15) is 4.39 Å². The molecule has 0 bridgehead atoms. The third-order valence-corrected chi connectivity index (χ3v) is 3.56. The van der Waals surface area contributed by atoms with Crippen molar-refractivity contribution in [1.29, 1.82) is 0 Å². The molecule has 2 aromatic carbocycles. The summed E-state index contributed by atoms with van der Waals surface area (Å²) in [4.78, 5) is 0. The van der Waals surface area contributed by atoms with Crippen molar-refractivity contribution in [3.63, 3.8) is 0 Å². The second-order valence-electron chi connectivity index (χ2n) is 5.17. The highest BCUT2D eigenvalue weighted by Gasteiger charge is 2.07. The number of hydrogen-bond acceptors (Lipinski definition) is 2. The van der Waals surface area contributed by atoms with E-state index >= 15 is 0 Å². The van der Waals surface area contributed by atoms with Crippen LogP contribution in [0.3, 0.4) is 0 Å². The molecule has 0 saturated heterocycles. The number of halogens is 2. The molecule has 112 valence electrons. The summed E-state index contributed by atoms with van der Waals surface area (Å²) in [6.45, 7) is 5.13. The lowest BCUT2D eigenvalue weighted by Gasteiger charge is -2.14. The van der Waals surface area contributed by atoms with E-state index in [-0.39, 0.29) is 12.4 Å². The van der Waals surface area contributed by atoms with Gasteiger partial charge < -0.3 is 10.1 Å². The zero-order chi connectivity index (χ0) is 15.2. The van der Waals surface area contributed by atoms with Gasteiger partial charge in [0.1, 0.15) is 18.2 Å². The van der Waals surface area contributed by atoms with Crippen LogP contribution in [-0.2, 0) is 13.2 Å². The van der Waals surface area contributed by atoms with Gasteiger partial charge in [0.15, 0.2) is 0 Å². The first-order valence-electron chi connectivity index (χ1n) is 6.94. The van der Waals surface area contributed by atoms with Crippen molar-refractivity contribution < 1.29 is 9.13 Å². The maximum atomic E-state index is 13.6. The molecule has 0 spiro atoms. The Balaban J connectivity index is 2.10. The van der Waals surface area contributed by atoms with Gasteiger partial charge in [-0.15, -0.1) is 0 Å². The fraction of sp³-hybridized carbons (Fsp3) is 0.294. The van der Waals surface area contributed by atoms with Crippen molar-refractivity contribution in [2.45, 2.75) is 33.0 Å². The molecule has 2 nitrogen and oxygen atoms in total. The second-order valence-corrected chi connectivity index (χ2v) is 6.08. The van der Waals surface area contributed by atoms with E-state index in [1.54, 1.807) is 12.1 Å². The van der Waals surface area contributed by atoms with Gasteiger partial charge in [-0.2, -0.15) is 0 Å². The molecular weight excluding hydrogens is 333 g/mol. The zero-order valence-electron chi connectivity index (χ0n) is 12.2. The van der Waals surface area contributed by atoms with Crippen LogP contribution in [0, 0.1) is 5.82 Å². The van der Waals surface area contributed by atoms with Gasteiger partial charge in [0.05, 0.1) is 0 Å². The van der Waals surface area contributed by atoms with Crippen molar-refractivity contribution in [1.82, 2.24) is 5.32 Å². The lowest BCUT2D eigenvalue weighted by atomic mass is 10.2. The highest BCUT2D eigenvalue weighted by molar-refractivity contribution is 9.10. The predicted molar refractivity (Wildman–Crippen MR) is 86.8 cm³/mol. The van der Waals surface area contributed by atoms with Crippen LogP contribution < -0.4 is 10.1 Å². The van der Waals surface area contributed by atoms with Gasteiger partial charge in [-0.05, 0) is 24.3 Å². The molecule has 0 aliphatic heterocycles. The summed E-state index contributed by atoms with van der Waals surface area (Å²) in [5.41, 5.74) is 1.61. The van der Waals surface area contributed by atoms with Crippen LogP contribution in [0.25, 0.3) is 0 Å². The van der Waals surface area contributed by atoms with Crippen LogP contribution in [-0.4, -0.2) is 6.04 Å². The van der Waals surface area contributed by atoms with Crippen LogP contribution in [0.5, 0.6) is 5.75 Å². The predicted octanol–water partition coefficient (Wildman–Crippen LogP) is 4.67. The SMILES string of the molecule is CC(C)NCc1cc(Br)ccc1OCc1ccccc1F. The number of hydrogen-bond donors (Lipinski definition) is 1. The highest BCUT2D eigenvalue weighted by atomic mass is 79.9. The molecule has 4 heteroatoms. The lowest BCUT2D eigenvalue weighted by molar-refractivity contribution is 0.295. The van der Waals surface area contributed by atoms with Crippen molar-refractivity contribution >= 4 is 15.9 Å². The van der Waals surface area contributed by atoms with Gasteiger partial charge in [0.25, 0.3) is 0 Å². The first-order valence-corrected chi connectivity index (χ1v) is 7.73. The van der Waals surface area contributed by atoms with Crippen LogP contribution >= 0.6 is 15.9 Å². The molecule has 0 amide bonds. The Morgan fingerprint density at radius 1 is 1.14 bits per heavy atom. The summed E-state index contributed by atoms with van der Waals surface area (Å²) >= 11 is 3.47. The molecule has 0 saturated carbocycles. The number of rotatable bonds is 6. The summed E-state index contributed by atoms with van der Waals surface area (Å²) in [7, 11) is 0. The topological polar surface area (TPSA) is 21.3 Å². The molecule has 0 aliphatic rings. The van der Waals surface area contributed by atoms with Crippen molar-refractivity contribution in [2.75, 3.05) is 0 Å². The Morgan fingerprint density at radius 2 is 1.90 bits per heavy atom. The molecule has 0 radical (unpaired) electrons. The Labute approximate surface area is 133 Å². The molecular formula is C17H19BrFNO. The third kappa shape index (κ3) is 4.83. The lowest BCUT2D eigenvalue weighted by Crippen LogP contribution is -2.22. The minimum Gasteiger partial charge on any atom is -0.488 e. The van der Waals surface area contributed by atoms with E-state index < -0.39 is 0 Å². The van der Waals surface area contributed by atoms with E-state index in [0.29, 0.717) is 18.2 Å². The monoisotopic (exact) mass is 351 g/mol. The van der Waals surface area contributed by atoms with Crippen LogP contribution in [0.15, 0.2) is 46.9 Å². The maximum Gasteiger partial charge on any atom is 0.129 e. The molecule has 1 N–H and O–H groups in total. The molecule has 2 rings (SSSR count). The van der Waals surface area contributed by atoms with Crippen LogP contribution in [0.2, 0.25) is 0 Å². The van der Waals surface area contributed by atoms with E-state index in [1.807, 2.05) is 24.3 Å². The van der Waals surface area contributed by atoms with Gasteiger partial charge >= 0.3 is 0 Å². The normalized spacial score (nSPS) is 10.9.